The Kier molecular flexibility index (Phi) is 23.8. The molecule has 0 rings (SSSR count). The first-order chi connectivity index (χ1) is 16.4. The van der Waals surface area contributed by atoms with Crippen LogP contribution in [0.4, 0.5) is 0 Å². The first-order valence-corrected chi connectivity index (χ1v) is 15.0. The van der Waals surface area contributed by atoms with Crippen LogP contribution in [0.5, 0.6) is 0 Å². The molecule has 34 heavy (non-hydrogen) atoms. The van der Waals surface area contributed by atoms with Crippen LogP contribution in [0.25, 0.3) is 0 Å². The van der Waals surface area contributed by atoms with Gasteiger partial charge in [0.2, 0.25) is 5.91 Å². The molecule has 9 heteroatoms. The number of carbonyl (C=O) groups is 1. The predicted octanol–water partition coefficient (Wildman–Crippen LogP) is 5.00. The van der Waals surface area contributed by atoms with Crippen molar-refractivity contribution >= 4 is 13.7 Å². The molecule has 0 bridgehead atoms. The fraction of sp³-hybridized carbons (Fsp3) is 0.960. The molecule has 0 aromatic heterocycles. The number of phosphoric acid groups is 1. The average molecular weight is 509 g/mol. The van der Waals surface area contributed by atoms with Crippen LogP contribution in [0.3, 0.4) is 0 Å². The molecular weight excluding hydrogens is 457 g/mol. The van der Waals surface area contributed by atoms with Crippen LogP contribution in [0, 0.1) is 0 Å². The Morgan fingerprint density at radius 1 is 0.824 bits per heavy atom. The van der Waals surface area contributed by atoms with Gasteiger partial charge in [0, 0.05) is 13.0 Å². The van der Waals surface area contributed by atoms with E-state index in [1.54, 1.807) is 0 Å². The lowest BCUT2D eigenvalue weighted by Gasteiger charge is -2.23. The summed E-state index contributed by atoms with van der Waals surface area (Å²) >= 11 is 0. The van der Waals surface area contributed by atoms with Crippen LogP contribution in [-0.2, 0) is 18.4 Å². The van der Waals surface area contributed by atoms with Crippen LogP contribution >= 0.6 is 7.82 Å². The molecule has 2 atom stereocenters. The van der Waals surface area contributed by atoms with Crippen molar-refractivity contribution < 1.29 is 33.5 Å². The van der Waals surface area contributed by atoms with Gasteiger partial charge in [-0.05, 0) is 6.42 Å². The van der Waals surface area contributed by atoms with Gasteiger partial charge in [-0.25, -0.2) is 0 Å². The van der Waals surface area contributed by atoms with Gasteiger partial charge in [0.25, 0.3) is 7.82 Å². The molecule has 0 saturated heterocycles. The van der Waals surface area contributed by atoms with Gasteiger partial charge in [-0.3, -0.25) is 9.36 Å². The summed E-state index contributed by atoms with van der Waals surface area (Å²) in [5.41, 5.74) is 0. The lowest BCUT2D eigenvalue weighted by Crippen LogP contribution is -2.28. The standard InChI is InChI=1S/C25H52NO7P/c1-2-3-4-5-6-7-8-9-10-11-12-13-14-15-16-17-18-19-25(29)26-20-21-32-34(30,31)33-23-24(28)22-27/h24,27-28H,2-23H2,1H3,(H,26,29)(H,30,31)/p-1/t24-/m1/s1. The van der Waals surface area contributed by atoms with E-state index in [1.807, 2.05) is 0 Å². The topological polar surface area (TPSA) is 128 Å². The number of phosphoric ester groups is 1. The van der Waals surface area contributed by atoms with Gasteiger partial charge in [0.1, 0.15) is 6.10 Å². The van der Waals surface area contributed by atoms with Crippen molar-refractivity contribution in [1.29, 1.82) is 0 Å². The van der Waals surface area contributed by atoms with Crippen molar-refractivity contribution in [2.75, 3.05) is 26.4 Å². The molecule has 0 aliphatic heterocycles. The van der Waals surface area contributed by atoms with E-state index in [0.29, 0.717) is 6.42 Å². The molecule has 0 aliphatic rings. The Morgan fingerprint density at radius 3 is 1.71 bits per heavy atom. The number of aliphatic hydroxyl groups excluding tert-OH is 2. The summed E-state index contributed by atoms with van der Waals surface area (Å²) in [7, 11) is -4.55. The summed E-state index contributed by atoms with van der Waals surface area (Å²) in [6, 6.07) is 0. The zero-order valence-electron chi connectivity index (χ0n) is 21.5. The monoisotopic (exact) mass is 508 g/mol. The van der Waals surface area contributed by atoms with E-state index in [4.69, 9.17) is 10.2 Å². The molecule has 8 nitrogen and oxygen atoms in total. The number of amides is 1. The molecule has 0 aromatic rings. The number of carbonyl (C=O) groups excluding carboxylic acids is 1. The summed E-state index contributed by atoms with van der Waals surface area (Å²) in [5.74, 6) is -0.123. The van der Waals surface area contributed by atoms with Crippen molar-refractivity contribution in [2.24, 2.45) is 0 Å². The Balaban J connectivity index is 3.34. The highest BCUT2D eigenvalue weighted by Gasteiger charge is 2.12. The lowest BCUT2D eigenvalue weighted by molar-refractivity contribution is -0.227. The van der Waals surface area contributed by atoms with E-state index in [0.717, 1.165) is 19.3 Å². The second-order valence-corrected chi connectivity index (χ2v) is 10.6. The van der Waals surface area contributed by atoms with Gasteiger partial charge in [-0.1, -0.05) is 110 Å². The minimum absolute atomic E-state index is 0.0654. The summed E-state index contributed by atoms with van der Waals surface area (Å²) in [5, 5.41) is 20.3. The Labute approximate surface area is 207 Å². The zero-order valence-corrected chi connectivity index (χ0v) is 22.4. The van der Waals surface area contributed by atoms with Crippen LogP contribution in [-0.4, -0.2) is 48.6 Å². The Hall–Kier alpha value is -0.500. The highest BCUT2D eigenvalue weighted by atomic mass is 31.2. The van der Waals surface area contributed by atoms with Gasteiger partial charge < -0.3 is 29.5 Å². The molecule has 1 unspecified atom stereocenters. The third-order valence-corrected chi connectivity index (χ3v) is 6.78. The quantitative estimate of drug-likeness (QED) is 0.111. The highest BCUT2D eigenvalue weighted by molar-refractivity contribution is 7.45. The van der Waals surface area contributed by atoms with Crippen LogP contribution in [0.15, 0.2) is 0 Å². The minimum atomic E-state index is -4.55. The van der Waals surface area contributed by atoms with Gasteiger partial charge in [0.15, 0.2) is 0 Å². The molecule has 0 spiro atoms. The number of hydrogen-bond acceptors (Lipinski definition) is 7. The number of unbranched alkanes of at least 4 members (excludes halogenated alkanes) is 16. The summed E-state index contributed by atoms with van der Waals surface area (Å²) in [6.07, 6.45) is 21.2. The summed E-state index contributed by atoms with van der Waals surface area (Å²) < 4.78 is 20.4. The summed E-state index contributed by atoms with van der Waals surface area (Å²) in [4.78, 5) is 23.2. The van der Waals surface area contributed by atoms with Gasteiger partial charge in [-0.15, -0.1) is 0 Å². The zero-order chi connectivity index (χ0) is 25.3. The maximum Gasteiger partial charge on any atom is 0.268 e. The first kappa shape index (κ1) is 33.5. The normalized spacial score (nSPS) is 14.1. The largest absolute Gasteiger partial charge is 0.756 e. The van der Waals surface area contributed by atoms with E-state index in [-0.39, 0.29) is 19.1 Å². The summed E-state index contributed by atoms with van der Waals surface area (Å²) in [6.45, 7) is 0.924. The molecule has 0 saturated carbocycles. The second-order valence-electron chi connectivity index (χ2n) is 9.17. The molecular formula is C25H51NO7P-. The minimum Gasteiger partial charge on any atom is -0.756 e. The predicted molar refractivity (Wildman–Crippen MR) is 134 cm³/mol. The molecule has 0 radical (unpaired) electrons. The Morgan fingerprint density at radius 2 is 1.26 bits per heavy atom. The average Bonchev–Trinajstić information content (AvgIpc) is 2.82. The first-order valence-electron chi connectivity index (χ1n) is 13.6. The third-order valence-electron chi connectivity index (χ3n) is 5.82. The molecule has 204 valence electrons. The molecule has 1 amide bonds. The van der Waals surface area contributed by atoms with E-state index in [2.05, 4.69) is 21.3 Å². The smallest absolute Gasteiger partial charge is 0.268 e. The van der Waals surface area contributed by atoms with Crippen molar-refractivity contribution in [3.8, 4) is 0 Å². The maximum absolute atomic E-state index is 11.8. The van der Waals surface area contributed by atoms with Crippen LogP contribution < -0.4 is 10.2 Å². The van der Waals surface area contributed by atoms with Crippen molar-refractivity contribution in [3.05, 3.63) is 0 Å². The number of hydrogen-bond donors (Lipinski definition) is 3. The molecule has 0 aromatic carbocycles. The fourth-order valence-electron chi connectivity index (χ4n) is 3.71. The second kappa shape index (κ2) is 24.2. The fourth-order valence-corrected chi connectivity index (χ4v) is 4.46. The molecule has 0 aliphatic carbocycles. The number of aliphatic hydroxyl groups is 2. The van der Waals surface area contributed by atoms with Gasteiger partial charge >= 0.3 is 0 Å². The number of rotatable bonds is 26. The third kappa shape index (κ3) is 24.6. The molecule has 0 fully saturated rings. The van der Waals surface area contributed by atoms with Crippen molar-refractivity contribution in [2.45, 2.75) is 129 Å². The van der Waals surface area contributed by atoms with Gasteiger partial charge in [-0.2, -0.15) is 0 Å². The molecule has 0 heterocycles. The maximum atomic E-state index is 11.8. The highest BCUT2D eigenvalue weighted by Crippen LogP contribution is 2.37. The molecule has 3 N–H and O–H groups in total. The van der Waals surface area contributed by atoms with Gasteiger partial charge in [0.05, 0.1) is 19.8 Å². The van der Waals surface area contributed by atoms with Crippen molar-refractivity contribution in [1.82, 2.24) is 5.32 Å². The van der Waals surface area contributed by atoms with E-state index in [1.165, 1.54) is 89.9 Å². The van der Waals surface area contributed by atoms with Crippen LogP contribution in [0.1, 0.15) is 122 Å². The van der Waals surface area contributed by atoms with Crippen molar-refractivity contribution in [3.63, 3.8) is 0 Å². The van der Waals surface area contributed by atoms with E-state index >= 15 is 0 Å². The van der Waals surface area contributed by atoms with E-state index in [9.17, 15) is 14.3 Å². The number of nitrogens with one attached hydrogen (secondary N) is 1. The van der Waals surface area contributed by atoms with Crippen LogP contribution in [0.2, 0.25) is 0 Å². The van der Waals surface area contributed by atoms with E-state index < -0.39 is 27.1 Å². The SMILES string of the molecule is CCCCCCCCCCCCCCCCCCCC(=O)NCCOP(=O)([O-])OC[C@H](O)CO. The Bertz CT molecular complexity index is 508. The lowest BCUT2D eigenvalue weighted by atomic mass is 10.0.